The number of imidazole rings is 1. The normalized spacial score (nSPS) is 13.2. The molecule has 2 aromatic rings. The van der Waals surface area contributed by atoms with Crippen molar-refractivity contribution in [2.75, 3.05) is 10.2 Å². The molecule has 15 heavy (non-hydrogen) atoms. The van der Waals surface area contributed by atoms with Gasteiger partial charge in [0.1, 0.15) is 11.2 Å². The lowest BCUT2D eigenvalue weighted by Crippen LogP contribution is -2.06. The van der Waals surface area contributed by atoms with Crippen LogP contribution < -0.4 is 5.73 Å². The number of halogens is 1. The second-order valence-electron chi connectivity index (χ2n) is 3.28. The van der Waals surface area contributed by atoms with Crippen molar-refractivity contribution < 1.29 is 0 Å². The molecular weight excluding hydrogens is 325 g/mol. The summed E-state index contributed by atoms with van der Waals surface area (Å²) in [4.78, 5) is 11.2. The van der Waals surface area contributed by atoms with Crippen LogP contribution in [0.1, 0.15) is 13.0 Å². The number of H-pyrrole nitrogens is 1. The number of aromatic amines is 1. The third-order valence-electron chi connectivity index (χ3n) is 2.16. The van der Waals surface area contributed by atoms with Crippen LogP contribution in [0, 0.1) is 4.64 Å². The van der Waals surface area contributed by atoms with Crippen LogP contribution in [0.25, 0.3) is 11.2 Å². The van der Waals surface area contributed by atoms with Gasteiger partial charge in [0, 0.05) is 10.5 Å². The van der Waals surface area contributed by atoms with Crippen molar-refractivity contribution in [1.82, 2.24) is 19.5 Å². The molecule has 0 amide bonds. The molecule has 0 saturated carbocycles. The lowest BCUT2D eigenvalue weighted by atomic mass is 10.4. The van der Waals surface area contributed by atoms with Crippen LogP contribution in [0.3, 0.4) is 0 Å². The Morgan fingerprint density at radius 3 is 3.13 bits per heavy atom. The van der Waals surface area contributed by atoms with Crippen molar-refractivity contribution in [2.24, 2.45) is 0 Å². The third kappa shape index (κ3) is 1.85. The van der Waals surface area contributed by atoms with Crippen molar-refractivity contribution in [2.45, 2.75) is 13.0 Å². The van der Waals surface area contributed by atoms with Crippen LogP contribution in [0.15, 0.2) is 6.33 Å². The van der Waals surface area contributed by atoms with Crippen LogP contribution in [0.5, 0.6) is 0 Å². The highest BCUT2D eigenvalue weighted by molar-refractivity contribution is 14.1. The van der Waals surface area contributed by atoms with E-state index in [1.807, 2.05) is 4.57 Å². The molecule has 7 heteroatoms. The Morgan fingerprint density at radius 1 is 1.73 bits per heavy atom. The topological polar surface area (TPSA) is 72.5 Å². The first-order valence-electron chi connectivity index (χ1n) is 4.41. The van der Waals surface area contributed by atoms with Crippen LogP contribution in [-0.4, -0.2) is 23.9 Å². The number of aromatic nitrogens is 4. The number of fused-ring (bicyclic) bond motifs is 1. The Bertz CT molecular complexity index is 545. The predicted octanol–water partition coefficient (Wildman–Crippen LogP) is 2.07. The average molecular weight is 335 g/mol. The molecule has 2 aromatic heterocycles. The van der Waals surface area contributed by atoms with E-state index in [4.69, 9.17) is 18.0 Å². The summed E-state index contributed by atoms with van der Waals surface area (Å²) in [5.41, 5.74) is 7.17. The van der Waals surface area contributed by atoms with Crippen LogP contribution >= 0.6 is 34.8 Å². The molecule has 0 aliphatic heterocycles. The summed E-state index contributed by atoms with van der Waals surface area (Å²) in [6, 6.07) is 0.350. The smallest absolute Gasteiger partial charge is 0.200 e. The first-order valence-corrected chi connectivity index (χ1v) is 6.35. The summed E-state index contributed by atoms with van der Waals surface area (Å²) in [6.07, 6.45) is 1.77. The van der Waals surface area contributed by atoms with Crippen LogP contribution in [-0.2, 0) is 0 Å². The monoisotopic (exact) mass is 335 g/mol. The van der Waals surface area contributed by atoms with Crippen molar-refractivity contribution in [3.63, 3.8) is 0 Å². The van der Waals surface area contributed by atoms with E-state index in [0.29, 0.717) is 22.1 Å². The molecule has 0 aromatic carbocycles. The van der Waals surface area contributed by atoms with Crippen molar-refractivity contribution in [1.29, 1.82) is 0 Å². The van der Waals surface area contributed by atoms with Gasteiger partial charge < -0.3 is 15.3 Å². The van der Waals surface area contributed by atoms with Gasteiger partial charge in [0.2, 0.25) is 0 Å². The molecule has 2 heterocycles. The van der Waals surface area contributed by atoms with Gasteiger partial charge in [-0.15, -0.1) is 0 Å². The van der Waals surface area contributed by atoms with E-state index in [0.717, 1.165) is 10.1 Å². The molecule has 3 N–H and O–H groups in total. The summed E-state index contributed by atoms with van der Waals surface area (Å²) in [7, 11) is 0. The van der Waals surface area contributed by atoms with Gasteiger partial charge in [-0.05, 0) is 6.92 Å². The molecule has 0 unspecified atom stereocenters. The lowest BCUT2D eigenvalue weighted by Gasteiger charge is -2.10. The Balaban J connectivity index is 2.74. The molecule has 2 rings (SSSR count). The molecule has 0 aliphatic carbocycles. The highest BCUT2D eigenvalue weighted by Crippen LogP contribution is 2.18. The van der Waals surface area contributed by atoms with Gasteiger partial charge in [-0.3, -0.25) is 0 Å². The van der Waals surface area contributed by atoms with Gasteiger partial charge in [0.25, 0.3) is 0 Å². The maximum absolute atomic E-state index is 5.62. The number of nitrogens with zero attached hydrogens (tertiary/aromatic N) is 3. The number of alkyl halides is 1. The summed E-state index contributed by atoms with van der Waals surface area (Å²) in [6.45, 7) is 2.11. The Hall–Kier alpha value is -0.700. The van der Waals surface area contributed by atoms with Gasteiger partial charge in [-0.1, -0.05) is 34.8 Å². The van der Waals surface area contributed by atoms with Gasteiger partial charge in [0.15, 0.2) is 10.6 Å². The van der Waals surface area contributed by atoms with Crippen LogP contribution in [0.2, 0.25) is 0 Å². The number of anilines is 1. The molecule has 1 atom stereocenters. The number of hydrogen-bond donors (Lipinski definition) is 2. The fourth-order valence-electron chi connectivity index (χ4n) is 1.36. The largest absolute Gasteiger partial charge is 0.369 e. The minimum Gasteiger partial charge on any atom is -0.369 e. The Kier molecular flexibility index (Phi) is 2.91. The number of rotatable bonds is 2. The fourth-order valence-corrected chi connectivity index (χ4v) is 2.03. The van der Waals surface area contributed by atoms with Gasteiger partial charge in [0.05, 0.1) is 6.33 Å². The van der Waals surface area contributed by atoms with E-state index in [-0.39, 0.29) is 0 Å². The quantitative estimate of drug-likeness (QED) is 0.501. The second-order valence-corrected chi connectivity index (χ2v) is 4.55. The molecule has 80 valence electrons. The van der Waals surface area contributed by atoms with Crippen molar-refractivity contribution in [3.8, 4) is 0 Å². The maximum Gasteiger partial charge on any atom is 0.200 e. The molecule has 0 spiro atoms. The molecule has 0 radical (unpaired) electrons. The lowest BCUT2D eigenvalue weighted by molar-refractivity contribution is 0.630. The molecule has 0 saturated heterocycles. The highest BCUT2D eigenvalue weighted by Gasteiger charge is 2.10. The van der Waals surface area contributed by atoms with E-state index >= 15 is 0 Å². The molecule has 0 bridgehead atoms. The minimum absolute atomic E-state index is 0.329. The summed E-state index contributed by atoms with van der Waals surface area (Å²) in [5.74, 6) is 0.329. The summed E-state index contributed by atoms with van der Waals surface area (Å²) >= 11 is 7.42. The van der Waals surface area contributed by atoms with Crippen molar-refractivity contribution >= 4 is 51.9 Å². The molecule has 5 nitrogen and oxygen atoms in total. The zero-order valence-electron chi connectivity index (χ0n) is 8.07. The average Bonchev–Trinajstić information content (AvgIpc) is 2.60. The van der Waals surface area contributed by atoms with Gasteiger partial charge in [-0.25, -0.2) is 9.97 Å². The molecule has 0 aliphatic rings. The van der Waals surface area contributed by atoms with E-state index in [1.165, 1.54) is 0 Å². The minimum atomic E-state index is 0.329. The van der Waals surface area contributed by atoms with Gasteiger partial charge >= 0.3 is 0 Å². The van der Waals surface area contributed by atoms with Crippen LogP contribution in [0.4, 0.5) is 5.95 Å². The van der Waals surface area contributed by atoms with E-state index in [2.05, 4.69) is 44.5 Å². The zero-order valence-corrected chi connectivity index (χ0v) is 11.0. The number of hydrogen-bond acceptors (Lipinski definition) is 4. The second kappa shape index (κ2) is 4.05. The standard InChI is InChI=1S/C8H10IN5S/c1-4(2-9)14-3-11-5-6(14)12-8(10)13-7(5)15/h3-4H,2H2,1H3,(H3,10,12,13,15)/t4-/m1/s1. The first-order chi connectivity index (χ1) is 7.13. The van der Waals surface area contributed by atoms with Gasteiger partial charge in [-0.2, -0.15) is 0 Å². The Labute approximate surface area is 105 Å². The van der Waals surface area contributed by atoms with E-state index in [9.17, 15) is 0 Å². The predicted molar refractivity (Wildman–Crippen MR) is 70.7 cm³/mol. The zero-order chi connectivity index (χ0) is 11.0. The van der Waals surface area contributed by atoms with E-state index in [1.54, 1.807) is 6.33 Å². The Morgan fingerprint density at radius 2 is 2.47 bits per heavy atom. The van der Waals surface area contributed by atoms with Crippen molar-refractivity contribution in [3.05, 3.63) is 11.0 Å². The third-order valence-corrected chi connectivity index (χ3v) is 3.72. The summed E-state index contributed by atoms with van der Waals surface area (Å²) < 4.78 is 3.46. The molecular formula is C8H10IN5S. The maximum atomic E-state index is 5.62. The SMILES string of the molecule is C[C@H](CI)n1cnc2c(=S)nc(N)[nH]c21. The fraction of sp³-hybridized carbons (Fsp3) is 0.375. The number of nitrogen functional groups attached to an aromatic ring is 1. The first kappa shape index (κ1) is 10.8. The summed E-state index contributed by atoms with van der Waals surface area (Å²) in [5, 5.41) is 0. The highest BCUT2D eigenvalue weighted by atomic mass is 127. The molecule has 0 fully saturated rings. The van der Waals surface area contributed by atoms with E-state index < -0.39 is 0 Å². The number of nitrogens with one attached hydrogen (secondary N) is 1. The number of nitrogens with two attached hydrogens (primary N) is 1.